The second-order valence-electron chi connectivity index (χ2n) is 3.80. The second-order valence-corrected chi connectivity index (χ2v) is 4.92. The molecule has 0 fully saturated rings. The number of aryl methyl sites for hydroxylation is 1. The average molecular weight is 304 g/mol. The van der Waals surface area contributed by atoms with E-state index in [1.54, 1.807) is 6.20 Å². The van der Waals surface area contributed by atoms with Crippen LogP contribution in [-0.2, 0) is 17.6 Å². The van der Waals surface area contributed by atoms with Crippen molar-refractivity contribution in [2.75, 3.05) is 11.2 Å². The fourth-order valence-corrected chi connectivity index (χ4v) is 2.46. The van der Waals surface area contributed by atoms with Gasteiger partial charge in [0.25, 0.3) is 0 Å². The van der Waals surface area contributed by atoms with Gasteiger partial charge in [0.2, 0.25) is 5.91 Å². The van der Waals surface area contributed by atoms with E-state index < -0.39 is 0 Å². The van der Waals surface area contributed by atoms with Crippen molar-refractivity contribution in [3.05, 3.63) is 21.9 Å². The van der Waals surface area contributed by atoms with Crippen molar-refractivity contribution in [1.29, 1.82) is 0 Å². The smallest absolute Gasteiger partial charge is 0.239 e. The molecular weight excluding hydrogens is 291 g/mol. The van der Waals surface area contributed by atoms with Crippen molar-refractivity contribution in [3.8, 4) is 0 Å². The highest BCUT2D eigenvalue weighted by atomic mass is 79.9. The Hall–Kier alpha value is -0.610. The Kier molecular flexibility index (Phi) is 3.82. The summed E-state index contributed by atoms with van der Waals surface area (Å²) < 4.78 is 0.826. The van der Waals surface area contributed by atoms with Crippen LogP contribution in [-0.4, -0.2) is 16.8 Å². The van der Waals surface area contributed by atoms with Crippen LogP contribution in [0.25, 0.3) is 0 Å². The molecule has 2 rings (SSSR count). The van der Waals surface area contributed by atoms with Gasteiger partial charge in [-0.2, -0.15) is 0 Å². The van der Waals surface area contributed by atoms with Gasteiger partial charge >= 0.3 is 0 Å². The minimum Gasteiger partial charge on any atom is -0.324 e. The SMILES string of the molecule is O=C(CCl)Nc1c(Br)cnc2c1CCCC2. The van der Waals surface area contributed by atoms with E-state index in [0.29, 0.717) is 0 Å². The van der Waals surface area contributed by atoms with E-state index in [0.717, 1.165) is 40.7 Å². The number of carbonyl (C=O) groups excluding carboxylic acids is 1. The van der Waals surface area contributed by atoms with Gasteiger partial charge in [0.15, 0.2) is 0 Å². The summed E-state index contributed by atoms with van der Waals surface area (Å²) in [5.74, 6) is -0.204. The van der Waals surface area contributed by atoms with Gasteiger partial charge in [-0.25, -0.2) is 0 Å². The average Bonchev–Trinajstić information content (AvgIpc) is 2.32. The van der Waals surface area contributed by atoms with Crippen LogP contribution in [0, 0.1) is 0 Å². The molecule has 0 radical (unpaired) electrons. The Balaban J connectivity index is 2.37. The molecule has 1 aliphatic carbocycles. The topological polar surface area (TPSA) is 42.0 Å². The Labute approximate surface area is 108 Å². The third kappa shape index (κ3) is 2.38. The predicted molar refractivity (Wildman–Crippen MR) is 67.9 cm³/mol. The number of nitrogens with zero attached hydrogens (tertiary/aromatic N) is 1. The molecule has 1 amide bonds. The molecule has 16 heavy (non-hydrogen) atoms. The number of anilines is 1. The Morgan fingerprint density at radius 1 is 1.50 bits per heavy atom. The zero-order valence-corrected chi connectivity index (χ0v) is 11.1. The highest BCUT2D eigenvalue weighted by Crippen LogP contribution is 2.32. The van der Waals surface area contributed by atoms with Crippen LogP contribution >= 0.6 is 27.5 Å². The van der Waals surface area contributed by atoms with Gasteiger partial charge in [0.1, 0.15) is 5.88 Å². The molecule has 1 heterocycles. The summed E-state index contributed by atoms with van der Waals surface area (Å²) in [7, 11) is 0. The third-order valence-corrected chi connectivity index (χ3v) is 3.54. The highest BCUT2D eigenvalue weighted by Gasteiger charge is 2.18. The fourth-order valence-electron chi connectivity index (χ4n) is 1.95. The van der Waals surface area contributed by atoms with Gasteiger partial charge in [-0.3, -0.25) is 9.78 Å². The number of amides is 1. The van der Waals surface area contributed by atoms with Crippen molar-refractivity contribution in [2.45, 2.75) is 25.7 Å². The Bertz CT molecular complexity index is 423. The van der Waals surface area contributed by atoms with E-state index in [1.807, 2.05) is 0 Å². The van der Waals surface area contributed by atoms with Crippen molar-refractivity contribution < 1.29 is 4.79 Å². The summed E-state index contributed by atoms with van der Waals surface area (Å²) in [5, 5.41) is 2.83. The maximum absolute atomic E-state index is 11.3. The number of aromatic nitrogens is 1. The number of fused-ring (bicyclic) bond motifs is 1. The quantitative estimate of drug-likeness (QED) is 0.854. The van der Waals surface area contributed by atoms with Gasteiger partial charge in [-0.1, -0.05) is 0 Å². The van der Waals surface area contributed by atoms with Crippen LogP contribution in [0.15, 0.2) is 10.7 Å². The molecule has 1 aromatic heterocycles. The lowest BCUT2D eigenvalue weighted by atomic mass is 9.95. The molecule has 1 aliphatic rings. The number of nitrogens with one attached hydrogen (secondary N) is 1. The fraction of sp³-hybridized carbons (Fsp3) is 0.455. The van der Waals surface area contributed by atoms with Crippen LogP contribution in [0.5, 0.6) is 0 Å². The van der Waals surface area contributed by atoms with Gasteiger partial charge in [0.05, 0.1) is 10.2 Å². The summed E-state index contributed by atoms with van der Waals surface area (Å²) in [6, 6.07) is 0. The van der Waals surface area contributed by atoms with Crippen LogP contribution in [0.2, 0.25) is 0 Å². The number of halogens is 2. The lowest BCUT2D eigenvalue weighted by Gasteiger charge is -2.19. The molecule has 86 valence electrons. The maximum Gasteiger partial charge on any atom is 0.239 e. The molecule has 5 heteroatoms. The van der Waals surface area contributed by atoms with Crippen LogP contribution in [0.1, 0.15) is 24.1 Å². The van der Waals surface area contributed by atoms with Gasteiger partial charge < -0.3 is 5.32 Å². The van der Waals surface area contributed by atoms with Gasteiger partial charge in [-0.05, 0) is 47.2 Å². The first-order chi connectivity index (χ1) is 7.72. The molecule has 1 N–H and O–H groups in total. The summed E-state index contributed by atoms with van der Waals surface area (Å²) in [6.45, 7) is 0. The van der Waals surface area contributed by atoms with E-state index in [-0.39, 0.29) is 11.8 Å². The van der Waals surface area contributed by atoms with E-state index in [2.05, 4.69) is 26.2 Å². The molecule has 0 aliphatic heterocycles. The standard InChI is InChI=1S/C11H12BrClN2O/c12-8-6-14-9-4-2-1-3-7(9)11(8)15-10(16)5-13/h6H,1-5H2,(H,14,15,16). The third-order valence-electron chi connectivity index (χ3n) is 2.70. The van der Waals surface area contributed by atoms with Crippen LogP contribution < -0.4 is 5.32 Å². The molecule has 3 nitrogen and oxygen atoms in total. The molecular formula is C11H12BrClN2O. The van der Waals surface area contributed by atoms with Crippen molar-refractivity contribution in [1.82, 2.24) is 4.98 Å². The monoisotopic (exact) mass is 302 g/mol. The summed E-state index contributed by atoms with van der Waals surface area (Å²) in [4.78, 5) is 15.7. The number of alkyl halides is 1. The van der Waals surface area contributed by atoms with Crippen molar-refractivity contribution in [3.63, 3.8) is 0 Å². The second kappa shape index (κ2) is 5.15. The molecule has 0 spiro atoms. The van der Waals surface area contributed by atoms with Crippen molar-refractivity contribution >= 4 is 39.1 Å². The number of hydrogen-bond donors (Lipinski definition) is 1. The number of hydrogen-bond acceptors (Lipinski definition) is 2. The van der Waals surface area contributed by atoms with Crippen LogP contribution in [0.3, 0.4) is 0 Å². The Morgan fingerprint density at radius 3 is 3.00 bits per heavy atom. The molecule has 0 aromatic carbocycles. The number of carbonyl (C=O) groups is 1. The normalized spacial score (nSPS) is 14.4. The summed E-state index contributed by atoms with van der Waals surface area (Å²) in [6.07, 6.45) is 6.03. The van der Waals surface area contributed by atoms with Crippen LogP contribution in [0.4, 0.5) is 5.69 Å². The van der Waals surface area contributed by atoms with E-state index in [4.69, 9.17) is 11.6 Å². The number of rotatable bonds is 2. The van der Waals surface area contributed by atoms with Gasteiger partial charge in [-0.15, -0.1) is 11.6 Å². The minimum atomic E-state index is -0.179. The summed E-state index contributed by atoms with van der Waals surface area (Å²) in [5.41, 5.74) is 3.09. The predicted octanol–water partition coefficient (Wildman–Crippen LogP) is 2.90. The zero-order chi connectivity index (χ0) is 11.5. The molecule has 0 saturated heterocycles. The maximum atomic E-state index is 11.3. The minimum absolute atomic E-state index is 0.0243. The van der Waals surface area contributed by atoms with E-state index >= 15 is 0 Å². The lowest BCUT2D eigenvalue weighted by Crippen LogP contribution is -2.17. The number of pyridine rings is 1. The molecule has 1 aromatic rings. The molecule has 0 atom stereocenters. The summed E-state index contributed by atoms with van der Waals surface area (Å²) >= 11 is 8.91. The first-order valence-electron chi connectivity index (χ1n) is 5.24. The largest absolute Gasteiger partial charge is 0.324 e. The van der Waals surface area contributed by atoms with Gasteiger partial charge in [0, 0.05) is 11.9 Å². The molecule has 0 bridgehead atoms. The first-order valence-corrected chi connectivity index (χ1v) is 6.57. The molecule has 0 saturated carbocycles. The van der Waals surface area contributed by atoms with E-state index in [9.17, 15) is 4.79 Å². The first kappa shape index (κ1) is 11.9. The van der Waals surface area contributed by atoms with Crippen molar-refractivity contribution in [2.24, 2.45) is 0 Å². The molecule has 0 unspecified atom stereocenters. The Morgan fingerprint density at radius 2 is 2.25 bits per heavy atom. The lowest BCUT2D eigenvalue weighted by molar-refractivity contribution is -0.113. The zero-order valence-electron chi connectivity index (χ0n) is 8.72. The highest BCUT2D eigenvalue weighted by molar-refractivity contribution is 9.10. The van der Waals surface area contributed by atoms with E-state index in [1.165, 1.54) is 6.42 Å².